The summed E-state index contributed by atoms with van der Waals surface area (Å²) in [6.07, 6.45) is 0. The lowest BCUT2D eigenvalue weighted by Gasteiger charge is -2.12. The minimum absolute atomic E-state index is 0.637. The Morgan fingerprint density at radius 1 is 0.294 bits per heavy atom. The van der Waals surface area contributed by atoms with Gasteiger partial charge in [0.2, 0.25) is 0 Å². The van der Waals surface area contributed by atoms with Crippen LogP contribution in [0.1, 0.15) is 0 Å². The van der Waals surface area contributed by atoms with E-state index in [2.05, 4.69) is 109 Å². The summed E-state index contributed by atoms with van der Waals surface area (Å²) < 4.78 is 1.08. The number of nitrogens with zero attached hydrogens (tertiary/aromatic N) is 4. The third-order valence-electron chi connectivity index (χ3n) is 9.53. The van der Waals surface area contributed by atoms with Crippen LogP contribution in [0.15, 0.2) is 170 Å². The number of hydrogen-bond acceptors (Lipinski definition) is 5. The zero-order valence-electron chi connectivity index (χ0n) is 27.4. The van der Waals surface area contributed by atoms with Crippen molar-refractivity contribution >= 4 is 53.9 Å². The summed E-state index contributed by atoms with van der Waals surface area (Å²) in [4.78, 5) is 19.8. The Morgan fingerprint density at radius 3 is 1.39 bits per heavy atom. The van der Waals surface area contributed by atoms with Crippen molar-refractivity contribution < 1.29 is 0 Å². The maximum atomic E-state index is 5.07. The molecule has 0 atom stereocenters. The highest BCUT2D eigenvalue weighted by Gasteiger charge is 2.15. The highest BCUT2D eigenvalue weighted by molar-refractivity contribution is 7.21. The molecule has 0 unspecified atom stereocenters. The normalized spacial score (nSPS) is 11.5. The Labute approximate surface area is 298 Å². The van der Waals surface area contributed by atoms with Crippen LogP contribution in [0, 0.1) is 0 Å². The van der Waals surface area contributed by atoms with Crippen molar-refractivity contribution in [2.75, 3.05) is 0 Å². The molecule has 0 aliphatic heterocycles. The Hall–Kier alpha value is -6.56. The molecule has 2 heterocycles. The zero-order chi connectivity index (χ0) is 33.7. The molecule has 4 nitrogen and oxygen atoms in total. The van der Waals surface area contributed by atoms with E-state index >= 15 is 0 Å². The lowest BCUT2D eigenvalue weighted by Crippen LogP contribution is -1.99. The predicted octanol–water partition coefficient (Wildman–Crippen LogP) is 12.3. The first-order valence-electron chi connectivity index (χ1n) is 17.0. The minimum Gasteiger partial charge on any atom is -0.236 e. The summed E-state index contributed by atoms with van der Waals surface area (Å²) in [5.41, 5.74) is 7.23. The maximum Gasteiger partial charge on any atom is 0.164 e. The first-order chi connectivity index (χ1) is 25.2. The second-order valence-electron chi connectivity index (χ2n) is 12.7. The molecular formula is C46H28N4S. The van der Waals surface area contributed by atoms with Crippen molar-refractivity contribution in [3.8, 4) is 55.9 Å². The fraction of sp³-hybridized carbons (Fsp3) is 0. The number of thiazole rings is 1. The monoisotopic (exact) mass is 668 g/mol. The fourth-order valence-electron chi connectivity index (χ4n) is 7.04. The van der Waals surface area contributed by atoms with Crippen LogP contribution in [-0.4, -0.2) is 19.9 Å². The van der Waals surface area contributed by atoms with Crippen LogP contribution in [-0.2, 0) is 0 Å². The van der Waals surface area contributed by atoms with Gasteiger partial charge in [0.05, 0.1) is 10.2 Å². The largest absolute Gasteiger partial charge is 0.236 e. The van der Waals surface area contributed by atoms with Gasteiger partial charge in [0, 0.05) is 22.3 Å². The van der Waals surface area contributed by atoms with Crippen LogP contribution in [0.3, 0.4) is 0 Å². The Bertz CT molecular complexity index is 2820. The van der Waals surface area contributed by atoms with Gasteiger partial charge in [0.15, 0.2) is 17.5 Å². The van der Waals surface area contributed by atoms with Crippen LogP contribution < -0.4 is 0 Å². The molecule has 10 rings (SSSR count). The van der Waals surface area contributed by atoms with Gasteiger partial charge >= 0.3 is 0 Å². The minimum atomic E-state index is 0.637. The quantitative estimate of drug-likeness (QED) is 0.171. The Balaban J connectivity index is 1.04. The van der Waals surface area contributed by atoms with Gasteiger partial charge in [-0.15, -0.1) is 11.3 Å². The Morgan fingerprint density at radius 2 is 0.765 bits per heavy atom. The van der Waals surface area contributed by atoms with Gasteiger partial charge in [-0.05, 0) is 73.8 Å². The molecule has 0 saturated heterocycles. The van der Waals surface area contributed by atoms with E-state index < -0.39 is 0 Å². The topological polar surface area (TPSA) is 51.6 Å². The highest BCUT2D eigenvalue weighted by atomic mass is 32.1. The van der Waals surface area contributed by atoms with Crippen molar-refractivity contribution in [1.82, 2.24) is 19.9 Å². The highest BCUT2D eigenvalue weighted by Crippen LogP contribution is 2.39. The molecule has 0 spiro atoms. The second kappa shape index (κ2) is 12.1. The molecular weight excluding hydrogens is 641 g/mol. The number of rotatable bonds is 5. The van der Waals surface area contributed by atoms with E-state index in [-0.39, 0.29) is 0 Å². The van der Waals surface area contributed by atoms with Gasteiger partial charge < -0.3 is 0 Å². The molecule has 0 radical (unpaired) electrons. The maximum absolute atomic E-state index is 5.07. The average molecular weight is 669 g/mol. The molecule has 0 aliphatic carbocycles. The first kappa shape index (κ1) is 29.4. The summed E-state index contributed by atoms with van der Waals surface area (Å²) in [5, 5.41) is 8.65. The predicted molar refractivity (Wildman–Crippen MR) is 213 cm³/mol. The third-order valence-corrected chi connectivity index (χ3v) is 10.6. The van der Waals surface area contributed by atoms with Crippen LogP contribution in [0.4, 0.5) is 0 Å². The average Bonchev–Trinajstić information content (AvgIpc) is 3.65. The van der Waals surface area contributed by atoms with Crippen molar-refractivity contribution in [3.63, 3.8) is 0 Å². The van der Waals surface area contributed by atoms with Gasteiger partial charge in [-0.1, -0.05) is 140 Å². The van der Waals surface area contributed by atoms with Gasteiger partial charge in [0.1, 0.15) is 5.01 Å². The molecule has 5 heteroatoms. The number of aromatic nitrogens is 4. The molecule has 2 aromatic heterocycles. The number of fused-ring (bicyclic) bond motifs is 7. The van der Waals surface area contributed by atoms with Crippen LogP contribution in [0.25, 0.3) is 98.4 Å². The first-order valence-corrected chi connectivity index (χ1v) is 17.8. The van der Waals surface area contributed by atoms with Crippen molar-refractivity contribution in [1.29, 1.82) is 0 Å². The number of hydrogen-bond donors (Lipinski definition) is 0. The van der Waals surface area contributed by atoms with Crippen LogP contribution in [0.2, 0.25) is 0 Å². The Kier molecular flexibility index (Phi) is 6.96. The van der Waals surface area contributed by atoms with Crippen LogP contribution >= 0.6 is 11.3 Å². The van der Waals surface area contributed by atoms with Gasteiger partial charge in [-0.3, -0.25) is 0 Å². The van der Waals surface area contributed by atoms with Crippen LogP contribution in [0.5, 0.6) is 0 Å². The summed E-state index contributed by atoms with van der Waals surface area (Å²) in [5.74, 6) is 1.94. The van der Waals surface area contributed by atoms with Gasteiger partial charge in [-0.2, -0.15) is 0 Å². The standard InChI is InChI=1S/C46H28N4S/c1-3-12-29(13-4-1)43-48-44(30-14-5-2-6-15-30)50-45(49-43)33-23-25-41-42(28-33)51-46(47-41)34-17-11-16-31(26-34)32-22-24-39-37-20-8-7-18-35(37)36-19-9-10-21-38(36)40(39)27-32/h1-28H. The van der Waals surface area contributed by atoms with Gasteiger partial charge in [0.25, 0.3) is 0 Å². The molecule has 0 amide bonds. The van der Waals surface area contributed by atoms with Crippen molar-refractivity contribution in [2.24, 2.45) is 0 Å². The molecule has 0 aliphatic rings. The smallest absolute Gasteiger partial charge is 0.164 e. The second-order valence-corrected chi connectivity index (χ2v) is 13.7. The van der Waals surface area contributed by atoms with E-state index in [0.717, 1.165) is 37.5 Å². The molecule has 0 fully saturated rings. The lowest BCUT2D eigenvalue weighted by molar-refractivity contribution is 1.07. The molecule has 10 aromatic rings. The van der Waals surface area contributed by atoms with E-state index in [1.165, 1.54) is 43.4 Å². The fourth-order valence-corrected chi connectivity index (χ4v) is 8.05. The van der Waals surface area contributed by atoms with Crippen molar-refractivity contribution in [3.05, 3.63) is 170 Å². The molecule has 0 saturated carbocycles. The lowest BCUT2D eigenvalue weighted by atomic mass is 9.92. The van der Waals surface area contributed by atoms with E-state index in [0.29, 0.717) is 17.5 Å². The molecule has 8 aromatic carbocycles. The molecule has 0 N–H and O–H groups in total. The third kappa shape index (κ3) is 5.23. The van der Waals surface area contributed by atoms with Gasteiger partial charge in [-0.25, -0.2) is 19.9 Å². The molecule has 51 heavy (non-hydrogen) atoms. The van der Waals surface area contributed by atoms with E-state index in [1.807, 2.05) is 60.7 Å². The van der Waals surface area contributed by atoms with E-state index in [4.69, 9.17) is 19.9 Å². The zero-order valence-corrected chi connectivity index (χ0v) is 28.2. The SMILES string of the molecule is c1ccc(-c2nc(-c3ccccc3)nc(-c3ccc4nc(-c5cccc(-c6ccc7c8ccccc8c8ccccc8c7c6)c5)sc4c3)n2)cc1. The van der Waals surface area contributed by atoms with E-state index in [1.54, 1.807) is 11.3 Å². The number of benzene rings is 8. The van der Waals surface area contributed by atoms with Crippen molar-refractivity contribution in [2.45, 2.75) is 0 Å². The summed E-state index contributed by atoms with van der Waals surface area (Å²) in [7, 11) is 0. The summed E-state index contributed by atoms with van der Waals surface area (Å²) in [6.45, 7) is 0. The summed E-state index contributed by atoms with van der Waals surface area (Å²) >= 11 is 1.69. The molecule has 0 bridgehead atoms. The molecule has 238 valence electrons. The van der Waals surface area contributed by atoms with E-state index in [9.17, 15) is 0 Å². The summed E-state index contributed by atoms with van der Waals surface area (Å²) in [6, 6.07) is 59.5.